The molecule has 1 heterocycles. The summed E-state index contributed by atoms with van der Waals surface area (Å²) in [6, 6.07) is 4.29. The summed E-state index contributed by atoms with van der Waals surface area (Å²) in [6.07, 6.45) is 1.51. The number of hydrogen-bond donors (Lipinski definition) is 3. The first kappa shape index (κ1) is 12.4. The highest BCUT2D eigenvalue weighted by Gasteiger charge is 2.24. The molecule has 96 valence electrons. The van der Waals surface area contributed by atoms with Crippen LogP contribution in [0.3, 0.4) is 0 Å². The van der Waals surface area contributed by atoms with Crippen molar-refractivity contribution in [1.82, 2.24) is 10.6 Å². The van der Waals surface area contributed by atoms with E-state index in [0.717, 1.165) is 6.42 Å². The van der Waals surface area contributed by atoms with Gasteiger partial charge in [-0.2, -0.15) is 0 Å². The lowest BCUT2D eigenvalue weighted by molar-refractivity contribution is -0.124. The number of hydrogen-bond acceptors (Lipinski definition) is 3. The number of carbonyl (C=O) groups excluding carboxylic acids is 2. The Morgan fingerprint density at radius 2 is 2.28 bits per heavy atom. The van der Waals surface area contributed by atoms with Crippen LogP contribution < -0.4 is 10.6 Å². The van der Waals surface area contributed by atoms with E-state index in [1.165, 1.54) is 6.07 Å². The average molecular weight is 248 g/mol. The van der Waals surface area contributed by atoms with Gasteiger partial charge in [-0.15, -0.1) is 0 Å². The van der Waals surface area contributed by atoms with E-state index < -0.39 is 6.04 Å². The molecule has 0 aliphatic carbocycles. The Bertz CT molecular complexity index is 485. The van der Waals surface area contributed by atoms with Crippen LogP contribution in [0.4, 0.5) is 0 Å². The number of phenolic OH excluding ortho intramolecular Hbond substituents is 1. The molecular weight excluding hydrogens is 232 g/mol. The van der Waals surface area contributed by atoms with Crippen LogP contribution in [0.2, 0.25) is 0 Å². The minimum Gasteiger partial charge on any atom is -0.508 e. The van der Waals surface area contributed by atoms with Gasteiger partial charge in [0.1, 0.15) is 11.8 Å². The Balaban J connectivity index is 2.12. The fourth-order valence-corrected chi connectivity index (χ4v) is 2.02. The summed E-state index contributed by atoms with van der Waals surface area (Å²) >= 11 is 0. The molecule has 1 atom stereocenters. The molecule has 0 radical (unpaired) electrons. The van der Waals surface area contributed by atoms with Crippen molar-refractivity contribution in [1.29, 1.82) is 0 Å². The molecular formula is C13H16N2O3. The smallest absolute Gasteiger partial charge is 0.252 e. The zero-order chi connectivity index (χ0) is 13.1. The third kappa shape index (κ3) is 2.45. The molecule has 1 aliphatic heterocycles. The number of benzene rings is 1. The molecule has 0 spiro atoms. The number of rotatable bonds is 2. The molecule has 1 unspecified atom stereocenters. The maximum atomic E-state index is 12.0. The second-order valence-corrected chi connectivity index (χ2v) is 4.41. The van der Waals surface area contributed by atoms with Crippen LogP contribution in [0.5, 0.6) is 5.75 Å². The van der Waals surface area contributed by atoms with Crippen LogP contribution >= 0.6 is 0 Å². The van der Waals surface area contributed by atoms with Crippen molar-refractivity contribution in [2.24, 2.45) is 0 Å². The fraction of sp³-hybridized carbons (Fsp3) is 0.385. The quantitative estimate of drug-likeness (QED) is 0.721. The number of amides is 2. The highest BCUT2D eigenvalue weighted by atomic mass is 16.3. The molecule has 1 aromatic carbocycles. The van der Waals surface area contributed by atoms with Crippen LogP contribution in [-0.4, -0.2) is 29.5 Å². The molecule has 5 nitrogen and oxygen atoms in total. The lowest BCUT2D eigenvalue weighted by Gasteiger charge is -2.23. The molecule has 2 amide bonds. The molecule has 0 saturated carbocycles. The predicted molar refractivity (Wildman–Crippen MR) is 66.3 cm³/mol. The van der Waals surface area contributed by atoms with Crippen molar-refractivity contribution in [3.05, 3.63) is 29.3 Å². The topological polar surface area (TPSA) is 78.4 Å². The maximum Gasteiger partial charge on any atom is 0.252 e. The minimum atomic E-state index is -0.479. The van der Waals surface area contributed by atoms with Gasteiger partial charge in [0, 0.05) is 17.7 Å². The Morgan fingerprint density at radius 3 is 3.00 bits per heavy atom. The summed E-state index contributed by atoms with van der Waals surface area (Å²) in [5.41, 5.74) is 0.916. The number of nitrogens with one attached hydrogen (secondary N) is 2. The molecule has 2 rings (SSSR count). The van der Waals surface area contributed by atoms with Gasteiger partial charge in [-0.1, -0.05) is 6.07 Å². The van der Waals surface area contributed by atoms with E-state index in [-0.39, 0.29) is 17.6 Å². The summed E-state index contributed by atoms with van der Waals surface area (Å²) in [7, 11) is 0. The van der Waals surface area contributed by atoms with E-state index in [0.29, 0.717) is 24.1 Å². The number of aromatic hydroxyl groups is 1. The lowest BCUT2D eigenvalue weighted by Crippen LogP contribution is -2.50. The molecule has 0 aromatic heterocycles. The normalized spacial score (nSPS) is 19.2. The number of phenols is 1. The summed E-state index contributed by atoms with van der Waals surface area (Å²) in [6.45, 7) is 2.33. The first-order valence-corrected chi connectivity index (χ1v) is 5.97. The maximum absolute atomic E-state index is 12.0. The van der Waals surface area contributed by atoms with Crippen molar-refractivity contribution in [2.75, 3.05) is 6.54 Å². The molecule has 1 saturated heterocycles. The van der Waals surface area contributed by atoms with E-state index in [1.807, 2.05) is 0 Å². The summed E-state index contributed by atoms with van der Waals surface area (Å²) in [5, 5.41) is 15.0. The van der Waals surface area contributed by atoms with Crippen molar-refractivity contribution >= 4 is 11.8 Å². The van der Waals surface area contributed by atoms with E-state index in [4.69, 9.17) is 0 Å². The molecule has 1 aromatic rings. The highest BCUT2D eigenvalue weighted by Crippen LogP contribution is 2.19. The second kappa shape index (κ2) is 5.08. The van der Waals surface area contributed by atoms with Gasteiger partial charge in [0.05, 0.1) is 0 Å². The Labute approximate surface area is 105 Å². The van der Waals surface area contributed by atoms with Crippen molar-refractivity contribution in [3.63, 3.8) is 0 Å². The molecule has 0 bridgehead atoms. The third-order valence-electron chi connectivity index (χ3n) is 3.14. The third-order valence-corrected chi connectivity index (χ3v) is 3.14. The Kier molecular flexibility index (Phi) is 3.50. The molecule has 1 fully saturated rings. The zero-order valence-electron chi connectivity index (χ0n) is 10.2. The van der Waals surface area contributed by atoms with E-state index in [1.54, 1.807) is 19.1 Å². The van der Waals surface area contributed by atoms with Crippen LogP contribution in [-0.2, 0) is 4.79 Å². The molecule has 5 heteroatoms. The van der Waals surface area contributed by atoms with E-state index in [2.05, 4.69) is 10.6 Å². The van der Waals surface area contributed by atoms with Gasteiger partial charge in [-0.25, -0.2) is 0 Å². The Hall–Kier alpha value is -2.04. The van der Waals surface area contributed by atoms with Gasteiger partial charge < -0.3 is 15.7 Å². The fourth-order valence-electron chi connectivity index (χ4n) is 2.02. The SMILES string of the molecule is Cc1c(O)cccc1C(=O)NC1CCCNC1=O. The van der Waals surface area contributed by atoms with Gasteiger partial charge >= 0.3 is 0 Å². The number of carbonyl (C=O) groups is 2. The van der Waals surface area contributed by atoms with Crippen LogP contribution in [0.25, 0.3) is 0 Å². The average Bonchev–Trinajstić information content (AvgIpc) is 2.35. The van der Waals surface area contributed by atoms with Gasteiger partial charge in [0.2, 0.25) is 5.91 Å². The predicted octanol–water partition coefficient (Wildman–Crippen LogP) is 0.709. The van der Waals surface area contributed by atoms with Crippen molar-refractivity contribution < 1.29 is 14.7 Å². The zero-order valence-corrected chi connectivity index (χ0v) is 10.2. The Morgan fingerprint density at radius 1 is 1.50 bits per heavy atom. The largest absolute Gasteiger partial charge is 0.508 e. The van der Waals surface area contributed by atoms with Crippen LogP contribution in [0.1, 0.15) is 28.8 Å². The lowest BCUT2D eigenvalue weighted by atomic mass is 10.0. The second-order valence-electron chi connectivity index (χ2n) is 4.41. The van der Waals surface area contributed by atoms with Gasteiger partial charge in [-0.3, -0.25) is 9.59 Å². The minimum absolute atomic E-state index is 0.0794. The molecule has 18 heavy (non-hydrogen) atoms. The number of piperidine rings is 1. The monoisotopic (exact) mass is 248 g/mol. The highest BCUT2D eigenvalue weighted by molar-refractivity contribution is 5.99. The van der Waals surface area contributed by atoms with Crippen molar-refractivity contribution in [2.45, 2.75) is 25.8 Å². The van der Waals surface area contributed by atoms with E-state index in [9.17, 15) is 14.7 Å². The first-order chi connectivity index (χ1) is 8.59. The van der Waals surface area contributed by atoms with E-state index >= 15 is 0 Å². The van der Waals surface area contributed by atoms with Crippen LogP contribution in [0, 0.1) is 6.92 Å². The summed E-state index contributed by atoms with van der Waals surface area (Å²) in [5.74, 6) is -0.395. The first-order valence-electron chi connectivity index (χ1n) is 5.97. The molecule has 3 N–H and O–H groups in total. The summed E-state index contributed by atoms with van der Waals surface area (Å²) < 4.78 is 0. The van der Waals surface area contributed by atoms with Gasteiger partial charge in [0.15, 0.2) is 0 Å². The van der Waals surface area contributed by atoms with Crippen molar-refractivity contribution in [3.8, 4) is 5.75 Å². The van der Waals surface area contributed by atoms with Gasteiger partial charge in [0.25, 0.3) is 5.91 Å². The summed E-state index contributed by atoms with van der Waals surface area (Å²) in [4.78, 5) is 23.6. The standard InChI is InChI=1S/C13H16N2O3/c1-8-9(4-2-6-11(8)16)12(17)15-10-5-3-7-14-13(10)18/h2,4,6,10,16H,3,5,7H2,1H3,(H,14,18)(H,15,17). The van der Waals surface area contributed by atoms with Gasteiger partial charge in [-0.05, 0) is 31.9 Å². The van der Waals surface area contributed by atoms with Crippen LogP contribution in [0.15, 0.2) is 18.2 Å². The molecule has 1 aliphatic rings.